The van der Waals surface area contributed by atoms with E-state index in [1.807, 2.05) is 0 Å². The van der Waals surface area contributed by atoms with Crippen LogP contribution >= 0.6 is 0 Å². The van der Waals surface area contributed by atoms with Crippen molar-refractivity contribution in [3.63, 3.8) is 0 Å². The Morgan fingerprint density at radius 2 is 2.05 bits per heavy atom. The van der Waals surface area contributed by atoms with Crippen molar-refractivity contribution >= 4 is 11.8 Å². The molecule has 0 bridgehead atoms. The summed E-state index contributed by atoms with van der Waals surface area (Å²) in [6.07, 6.45) is 1.32. The zero-order chi connectivity index (χ0) is 13.7. The Labute approximate surface area is 109 Å². The highest BCUT2D eigenvalue weighted by atomic mass is 16.5. The fraction of sp³-hybridized carbons (Fsp3) is 0.417. The van der Waals surface area contributed by atoms with Crippen LogP contribution in [0.4, 0.5) is 0 Å². The van der Waals surface area contributed by atoms with E-state index in [1.54, 1.807) is 4.90 Å². The van der Waals surface area contributed by atoms with Gasteiger partial charge in [-0.25, -0.2) is 0 Å². The van der Waals surface area contributed by atoms with Gasteiger partial charge in [-0.05, 0) is 6.07 Å². The first-order chi connectivity index (χ1) is 9.16. The quantitative estimate of drug-likeness (QED) is 0.730. The average molecular weight is 265 g/mol. The van der Waals surface area contributed by atoms with Gasteiger partial charge in [0.05, 0.1) is 25.3 Å². The number of hydrogen-bond donors (Lipinski definition) is 2. The summed E-state index contributed by atoms with van der Waals surface area (Å²) >= 11 is 0. The number of nitrogens with one attached hydrogen (secondary N) is 2. The Morgan fingerprint density at radius 1 is 1.32 bits per heavy atom. The molecule has 102 valence electrons. The van der Waals surface area contributed by atoms with Gasteiger partial charge in [-0.15, -0.1) is 0 Å². The van der Waals surface area contributed by atoms with E-state index in [4.69, 9.17) is 4.74 Å². The first-order valence-electron chi connectivity index (χ1n) is 5.99. The third-order valence-electron chi connectivity index (χ3n) is 2.81. The summed E-state index contributed by atoms with van der Waals surface area (Å²) < 4.78 is 5.14. The number of carbonyl (C=O) groups excluding carboxylic acids is 2. The Hall–Kier alpha value is -2.15. The van der Waals surface area contributed by atoms with E-state index in [9.17, 15) is 14.4 Å². The van der Waals surface area contributed by atoms with Crippen molar-refractivity contribution in [3.05, 3.63) is 34.2 Å². The van der Waals surface area contributed by atoms with Gasteiger partial charge in [0.1, 0.15) is 0 Å². The predicted octanol–water partition coefficient (Wildman–Crippen LogP) is -1.04. The van der Waals surface area contributed by atoms with Crippen LogP contribution < -0.4 is 10.9 Å². The van der Waals surface area contributed by atoms with Gasteiger partial charge < -0.3 is 19.9 Å². The van der Waals surface area contributed by atoms with Crippen LogP contribution in [0.3, 0.4) is 0 Å². The molecule has 0 saturated carbocycles. The van der Waals surface area contributed by atoms with E-state index in [1.165, 1.54) is 18.3 Å². The fourth-order valence-electron chi connectivity index (χ4n) is 1.73. The Balaban J connectivity index is 1.84. The van der Waals surface area contributed by atoms with Crippen LogP contribution in [0.25, 0.3) is 0 Å². The first kappa shape index (κ1) is 13.3. The lowest BCUT2D eigenvalue weighted by Crippen LogP contribution is -2.45. The van der Waals surface area contributed by atoms with Gasteiger partial charge in [0.2, 0.25) is 11.5 Å². The number of morpholine rings is 1. The van der Waals surface area contributed by atoms with E-state index in [2.05, 4.69) is 10.3 Å². The highest BCUT2D eigenvalue weighted by Crippen LogP contribution is 1.97. The summed E-state index contributed by atoms with van der Waals surface area (Å²) in [5.41, 5.74) is 0.0373. The maximum Gasteiger partial charge on any atom is 0.253 e. The van der Waals surface area contributed by atoms with E-state index >= 15 is 0 Å². The molecule has 1 aliphatic heterocycles. The van der Waals surface area contributed by atoms with Gasteiger partial charge in [0.15, 0.2) is 0 Å². The summed E-state index contributed by atoms with van der Waals surface area (Å²) in [4.78, 5) is 38.4. The average Bonchev–Trinajstić information content (AvgIpc) is 2.46. The molecule has 0 aliphatic carbocycles. The Bertz CT molecular complexity index is 499. The van der Waals surface area contributed by atoms with E-state index in [0.29, 0.717) is 31.9 Å². The molecule has 0 aromatic carbocycles. The number of rotatable bonds is 3. The summed E-state index contributed by atoms with van der Waals surface area (Å²) in [6, 6.07) is 2.67. The van der Waals surface area contributed by atoms with E-state index in [-0.39, 0.29) is 18.0 Å². The van der Waals surface area contributed by atoms with Crippen molar-refractivity contribution < 1.29 is 14.3 Å². The molecule has 0 spiro atoms. The highest BCUT2D eigenvalue weighted by Gasteiger charge is 2.17. The van der Waals surface area contributed by atoms with Crippen LogP contribution in [0, 0.1) is 0 Å². The summed E-state index contributed by atoms with van der Waals surface area (Å²) in [5, 5.41) is 2.52. The number of nitrogens with zero attached hydrogens (tertiary/aromatic N) is 1. The third kappa shape index (κ3) is 3.65. The van der Waals surface area contributed by atoms with Gasteiger partial charge in [0.25, 0.3) is 5.91 Å². The third-order valence-corrected chi connectivity index (χ3v) is 2.81. The molecular formula is C12H15N3O4. The van der Waals surface area contributed by atoms with Gasteiger partial charge in [-0.3, -0.25) is 14.4 Å². The van der Waals surface area contributed by atoms with Gasteiger partial charge in [-0.1, -0.05) is 0 Å². The number of carbonyl (C=O) groups is 2. The van der Waals surface area contributed by atoms with Crippen molar-refractivity contribution in [3.8, 4) is 0 Å². The standard InChI is InChI=1S/C12H15N3O4/c16-10-2-1-9(7-13-10)12(18)14-8-11(17)15-3-5-19-6-4-15/h1-2,7H,3-6,8H2,(H,13,16)(H,14,18). The zero-order valence-corrected chi connectivity index (χ0v) is 10.3. The molecule has 1 fully saturated rings. The number of H-pyrrole nitrogens is 1. The number of ether oxygens (including phenoxy) is 1. The van der Waals surface area contributed by atoms with Gasteiger partial charge in [0, 0.05) is 25.4 Å². The molecule has 0 unspecified atom stereocenters. The molecule has 1 aromatic rings. The zero-order valence-electron chi connectivity index (χ0n) is 10.3. The van der Waals surface area contributed by atoms with Crippen LogP contribution in [-0.4, -0.2) is 54.5 Å². The number of pyridine rings is 1. The minimum Gasteiger partial charge on any atom is -0.378 e. The predicted molar refractivity (Wildman–Crippen MR) is 66.8 cm³/mol. The van der Waals surface area contributed by atoms with Crippen LogP contribution in [0.15, 0.2) is 23.1 Å². The number of amides is 2. The molecule has 2 heterocycles. The van der Waals surface area contributed by atoms with Crippen molar-refractivity contribution in [1.29, 1.82) is 0 Å². The molecule has 2 N–H and O–H groups in total. The minimum absolute atomic E-state index is 0.0576. The topological polar surface area (TPSA) is 91.5 Å². The minimum atomic E-state index is -0.391. The number of hydrogen-bond acceptors (Lipinski definition) is 4. The second-order valence-electron chi connectivity index (χ2n) is 4.12. The molecule has 2 amide bonds. The van der Waals surface area contributed by atoms with E-state index in [0.717, 1.165) is 0 Å². The molecule has 1 saturated heterocycles. The highest BCUT2D eigenvalue weighted by molar-refractivity contribution is 5.96. The van der Waals surface area contributed by atoms with Crippen LogP contribution in [0.1, 0.15) is 10.4 Å². The lowest BCUT2D eigenvalue weighted by Gasteiger charge is -2.26. The molecule has 1 aliphatic rings. The molecule has 1 aromatic heterocycles. The number of aromatic amines is 1. The second-order valence-corrected chi connectivity index (χ2v) is 4.12. The summed E-state index contributed by atoms with van der Waals surface area (Å²) in [7, 11) is 0. The lowest BCUT2D eigenvalue weighted by molar-refractivity contribution is -0.134. The van der Waals surface area contributed by atoms with Crippen LogP contribution in [0.2, 0.25) is 0 Å². The van der Waals surface area contributed by atoms with Crippen LogP contribution in [-0.2, 0) is 9.53 Å². The smallest absolute Gasteiger partial charge is 0.253 e. The van der Waals surface area contributed by atoms with Crippen molar-refractivity contribution in [2.75, 3.05) is 32.8 Å². The van der Waals surface area contributed by atoms with Crippen molar-refractivity contribution in [2.45, 2.75) is 0 Å². The second kappa shape index (κ2) is 6.14. The lowest BCUT2D eigenvalue weighted by atomic mass is 10.2. The Kier molecular flexibility index (Phi) is 4.30. The molecule has 7 heteroatoms. The summed E-state index contributed by atoms with van der Waals surface area (Å²) in [6.45, 7) is 2.10. The van der Waals surface area contributed by atoms with Crippen LogP contribution in [0.5, 0.6) is 0 Å². The van der Waals surface area contributed by atoms with Gasteiger partial charge in [-0.2, -0.15) is 0 Å². The molecule has 2 rings (SSSR count). The fourth-order valence-corrected chi connectivity index (χ4v) is 1.73. The van der Waals surface area contributed by atoms with Crippen molar-refractivity contribution in [1.82, 2.24) is 15.2 Å². The Morgan fingerprint density at radius 3 is 2.68 bits per heavy atom. The maximum atomic E-state index is 11.8. The van der Waals surface area contributed by atoms with Gasteiger partial charge >= 0.3 is 0 Å². The summed E-state index contributed by atoms with van der Waals surface area (Å²) in [5.74, 6) is -0.529. The molecule has 7 nitrogen and oxygen atoms in total. The van der Waals surface area contributed by atoms with E-state index < -0.39 is 5.91 Å². The normalized spacial score (nSPS) is 15.1. The molecule has 19 heavy (non-hydrogen) atoms. The first-order valence-corrected chi connectivity index (χ1v) is 5.99. The van der Waals surface area contributed by atoms with Crippen molar-refractivity contribution in [2.24, 2.45) is 0 Å². The SMILES string of the molecule is O=C(NCC(=O)N1CCOCC1)c1ccc(=O)[nH]c1. The molecule has 0 atom stereocenters. The molecule has 0 radical (unpaired) electrons. The largest absolute Gasteiger partial charge is 0.378 e. The molecular weight excluding hydrogens is 250 g/mol. The monoisotopic (exact) mass is 265 g/mol. The maximum absolute atomic E-state index is 11.8. The number of aromatic nitrogens is 1.